The summed E-state index contributed by atoms with van der Waals surface area (Å²) in [6.07, 6.45) is 0.600. The molecule has 0 aromatic heterocycles. The predicted molar refractivity (Wildman–Crippen MR) is 79.1 cm³/mol. The van der Waals surface area contributed by atoms with Crippen LogP contribution in [0.4, 0.5) is 4.79 Å². The molecule has 0 unspecified atom stereocenters. The lowest BCUT2D eigenvalue weighted by Gasteiger charge is -2.07. The minimum absolute atomic E-state index is 0.0647. The van der Waals surface area contributed by atoms with E-state index >= 15 is 0 Å². The van der Waals surface area contributed by atoms with Crippen molar-refractivity contribution in [3.8, 4) is 17.2 Å². The molecule has 6 nitrogen and oxygen atoms in total. The third-order valence-corrected chi connectivity index (χ3v) is 2.84. The van der Waals surface area contributed by atoms with Gasteiger partial charge in [0, 0.05) is 12.1 Å². The maximum absolute atomic E-state index is 11.4. The highest BCUT2D eigenvalue weighted by Gasteiger charge is 2.11. The normalized spacial score (nSPS) is 10.5. The molecular formula is C16H11NO5. The van der Waals surface area contributed by atoms with Crippen LogP contribution in [0.15, 0.2) is 58.3 Å². The molecule has 1 aromatic rings. The molecule has 22 heavy (non-hydrogen) atoms. The van der Waals surface area contributed by atoms with E-state index in [0.29, 0.717) is 22.6 Å². The molecule has 0 saturated carbocycles. The monoisotopic (exact) mass is 297 g/mol. The van der Waals surface area contributed by atoms with Gasteiger partial charge in [0.15, 0.2) is 16.8 Å². The fraction of sp³-hybridized carbons (Fsp3) is 0.0625. The number of rotatable bonds is 3. The molecule has 0 amide bonds. The van der Waals surface area contributed by atoms with Gasteiger partial charge in [0.1, 0.15) is 23.6 Å². The first-order valence-electron chi connectivity index (χ1n) is 6.46. The molecule has 0 atom stereocenters. The molecule has 0 bridgehead atoms. The van der Waals surface area contributed by atoms with E-state index in [1.54, 1.807) is 18.2 Å². The van der Waals surface area contributed by atoms with Crippen molar-refractivity contribution in [2.45, 2.75) is 0 Å². The average Bonchev–Trinajstić information content (AvgIpc) is 2.51. The number of carbonyl (C=O) groups excluding carboxylic acids is 1. The summed E-state index contributed by atoms with van der Waals surface area (Å²) in [6, 6.07) is 9.11. The van der Waals surface area contributed by atoms with Gasteiger partial charge >= 0.3 is 6.16 Å². The van der Waals surface area contributed by atoms with E-state index in [0.717, 1.165) is 0 Å². The molecule has 6 heteroatoms. The van der Waals surface area contributed by atoms with E-state index in [1.807, 2.05) is 0 Å². The predicted octanol–water partition coefficient (Wildman–Crippen LogP) is 2.99. The van der Waals surface area contributed by atoms with Crippen LogP contribution >= 0.6 is 0 Å². The Balaban J connectivity index is 1.97. The van der Waals surface area contributed by atoms with E-state index in [2.05, 4.69) is 11.6 Å². The molecule has 1 aliphatic carbocycles. The highest BCUT2D eigenvalue weighted by Crippen LogP contribution is 2.26. The van der Waals surface area contributed by atoms with Crippen LogP contribution in [0.3, 0.4) is 0 Å². The van der Waals surface area contributed by atoms with Gasteiger partial charge in [-0.05, 0) is 24.3 Å². The fourth-order valence-corrected chi connectivity index (χ4v) is 1.90. The highest BCUT2D eigenvalue weighted by atomic mass is 16.7. The highest BCUT2D eigenvalue weighted by molar-refractivity contribution is 5.78. The van der Waals surface area contributed by atoms with Crippen molar-refractivity contribution < 1.29 is 18.7 Å². The summed E-state index contributed by atoms with van der Waals surface area (Å²) in [6.45, 7) is 3.50. The number of aromatic nitrogens is 1. The van der Waals surface area contributed by atoms with Crippen LogP contribution in [0.2, 0.25) is 0 Å². The zero-order valence-electron chi connectivity index (χ0n) is 11.4. The summed E-state index contributed by atoms with van der Waals surface area (Å²) >= 11 is 0. The Labute approximate surface area is 124 Å². The van der Waals surface area contributed by atoms with Crippen LogP contribution in [0.25, 0.3) is 22.6 Å². The molecule has 110 valence electrons. The standard InChI is InChI=1S/C16H11NO5/c1-2-7-20-16(19)21-11-4-6-13-15(9-11)22-14-8-10(18)3-5-12(14)17-13/h2-6,8-9H,1,7H2. The second-order valence-electron chi connectivity index (χ2n) is 4.42. The summed E-state index contributed by atoms with van der Waals surface area (Å²) in [7, 11) is 0. The van der Waals surface area contributed by atoms with Crippen molar-refractivity contribution in [2.24, 2.45) is 0 Å². The molecule has 1 aromatic carbocycles. The van der Waals surface area contributed by atoms with E-state index < -0.39 is 6.16 Å². The zero-order valence-corrected chi connectivity index (χ0v) is 11.4. The second kappa shape index (κ2) is 5.69. The Morgan fingerprint density at radius 1 is 1.27 bits per heavy atom. The van der Waals surface area contributed by atoms with Gasteiger partial charge < -0.3 is 13.9 Å². The van der Waals surface area contributed by atoms with Crippen molar-refractivity contribution in [3.63, 3.8) is 0 Å². The van der Waals surface area contributed by atoms with Crippen molar-refractivity contribution in [3.05, 3.63) is 59.3 Å². The first-order valence-corrected chi connectivity index (χ1v) is 6.46. The second-order valence-corrected chi connectivity index (χ2v) is 4.42. The summed E-state index contributed by atoms with van der Waals surface area (Å²) in [5.41, 5.74) is 1.38. The number of carbonyl (C=O) groups is 1. The maximum Gasteiger partial charge on any atom is 0.514 e. The number of hydrogen-bond acceptors (Lipinski definition) is 6. The number of hydrogen-bond donors (Lipinski definition) is 0. The summed E-state index contributed by atoms with van der Waals surface area (Å²) in [5, 5.41) is 0. The lowest BCUT2D eigenvalue weighted by atomic mass is 10.2. The van der Waals surface area contributed by atoms with Gasteiger partial charge in [-0.2, -0.15) is 0 Å². The van der Waals surface area contributed by atoms with Gasteiger partial charge in [-0.3, -0.25) is 4.79 Å². The fourth-order valence-electron chi connectivity index (χ4n) is 1.90. The van der Waals surface area contributed by atoms with E-state index in [-0.39, 0.29) is 17.8 Å². The van der Waals surface area contributed by atoms with Gasteiger partial charge in [0.2, 0.25) is 0 Å². The third kappa shape index (κ3) is 2.80. The lowest BCUT2D eigenvalue weighted by Crippen LogP contribution is -2.10. The molecule has 0 saturated heterocycles. The van der Waals surface area contributed by atoms with E-state index in [9.17, 15) is 9.59 Å². The van der Waals surface area contributed by atoms with Crippen LogP contribution in [0.5, 0.6) is 5.75 Å². The molecule has 0 N–H and O–H groups in total. The van der Waals surface area contributed by atoms with Crippen molar-refractivity contribution >= 4 is 17.3 Å². The molecule has 0 fully saturated rings. The Morgan fingerprint density at radius 2 is 2.14 bits per heavy atom. The number of benzene rings is 2. The Kier molecular flexibility index (Phi) is 3.57. The van der Waals surface area contributed by atoms with Gasteiger partial charge in [-0.1, -0.05) is 12.7 Å². The van der Waals surface area contributed by atoms with Gasteiger partial charge in [0.05, 0.1) is 0 Å². The van der Waals surface area contributed by atoms with Crippen LogP contribution in [-0.2, 0) is 4.74 Å². The van der Waals surface area contributed by atoms with E-state index in [1.165, 1.54) is 24.3 Å². The van der Waals surface area contributed by atoms with Crippen LogP contribution in [0.1, 0.15) is 0 Å². The Bertz CT molecular complexity index is 883. The Hall–Kier alpha value is -3.15. The summed E-state index contributed by atoms with van der Waals surface area (Å²) in [4.78, 5) is 27.1. The van der Waals surface area contributed by atoms with Crippen LogP contribution < -0.4 is 10.2 Å². The van der Waals surface area contributed by atoms with E-state index in [4.69, 9.17) is 13.9 Å². The Morgan fingerprint density at radius 3 is 2.95 bits per heavy atom. The average molecular weight is 297 g/mol. The topological polar surface area (TPSA) is 78.6 Å². The molecule has 3 rings (SSSR count). The number of ether oxygens (including phenoxy) is 2. The SMILES string of the molecule is C=CCOC(=O)Oc1ccc2nc3ccc(=O)cc-3oc2c1. The maximum atomic E-state index is 11.4. The first-order chi connectivity index (χ1) is 10.7. The smallest absolute Gasteiger partial charge is 0.453 e. The van der Waals surface area contributed by atoms with Crippen LogP contribution in [0, 0.1) is 0 Å². The van der Waals surface area contributed by atoms with Crippen molar-refractivity contribution in [1.29, 1.82) is 0 Å². The zero-order chi connectivity index (χ0) is 15.5. The van der Waals surface area contributed by atoms with Gasteiger partial charge in [0.25, 0.3) is 0 Å². The number of nitrogens with zero attached hydrogens (tertiary/aromatic N) is 1. The minimum Gasteiger partial charge on any atom is -0.453 e. The third-order valence-electron chi connectivity index (χ3n) is 2.84. The largest absolute Gasteiger partial charge is 0.514 e. The molecule has 1 heterocycles. The molecule has 2 aliphatic rings. The summed E-state index contributed by atoms with van der Waals surface area (Å²) in [5.74, 6) is 0.621. The van der Waals surface area contributed by atoms with Crippen molar-refractivity contribution in [2.75, 3.05) is 6.61 Å². The number of fused-ring (bicyclic) bond motifs is 2. The quantitative estimate of drug-likeness (QED) is 0.320. The summed E-state index contributed by atoms with van der Waals surface area (Å²) < 4.78 is 15.3. The molecule has 0 radical (unpaired) electrons. The molecule has 0 spiro atoms. The molecular weight excluding hydrogens is 286 g/mol. The minimum atomic E-state index is -0.838. The molecule has 1 aliphatic heterocycles. The van der Waals surface area contributed by atoms with Crippen LogP contribution in [-0.4, -0.2) is 17.7 Å². The van der Waals surface area contributed by atoms with Gasteiger partial charge in [-0.25, -0.2) is 9.78 Å². The lowest BCUT2D eigenvalue weighted by molar-refractivity contribution is 0.109. The van der Waals surface area contributed by atoms with Crippen molar-refractivity contribution in [1.82, 2.24) is 4.98 Å². The first kappa shape index (κ1) is 13.8. The van der Waals surface area contributed by atoms with Gasteiger partial charge in [-0.15, -0.1) is 0 Å².